The average molecular weight is 200 g/mol. The van der Waals surface area contributed by atoms with E-state index in [1.807, 2.05) is 0 Å². The molecule has 2 unspecified atom stereocenters. The van der Waals surface area contributed by atoms with Crippen molar-refractivity contribution in [2.75, 3.05) is 0 Å². The molecular formula is C14H16O. The van der Waals surface area contributed by atoms with Gasteiger partial charge in [-0.3, -0.25) is 4.79 Å². The molecule has 78 valence electrons. The minimum atomic E-state index is 0.253. The number of ketones is 1. The van der Waals surface area contributed by atoms with Gasteiger partial charge in [0, 0.05) is 5.92 Å². The number of rotatable bonds is 1. The van der Waals surface area contributed by atoms with Crippen LogP contribution in [0, 0.1) is 11.8 Å². The van der Waals surface area contributed by atoms with Crippen molar-refractivity contribution in [1.29, 1.82) is 0 Å². The molecule has 0 amide bonds. The van der Waals surface area contributed by atoms with E-state index in [1.54, 1.807) is 18.1 Å². The number of carbonyl (C=O) groups is 1. The number of hydrogen-bond donors (Lipinski definition) is 0. The molecule has 0 aliphatic heterocycles. The summed E-state index contributed by atoms with van der Waals surface area (Å²) in [6, 6.07) is 0. The molecule has 3 aliphatic carbocycles. The quantitative estimate of drug-likeness (QED) is 0.594. The lowest BCUT2D eigenvalue weighted by atomic mass is 9.80. The molecule has 0 saturated heterocycles. The third kappa shape index (κ3) is 1.19. The van der Waals surface area contributed by atoms with E-state index >= 15 is 0 Å². The van der Waals surface area contributed by atoms with E-state index in [0.717, 1.165) is 24.3 Å². The van der Waals surface area contributed by atoms with Gasteiger partial charge in [0.1, 0.15) is 0 Å². The van der Waals surface area contributed by atoms with Gasteiger partial charge in [0.25, 0.3) is 0 Å². The second kappa shape index (κ2) is 2.94. The molecule has 0 radical (unpaired) electrons. The maximum Gasteiger partial charge on any atom is 0.155 e. The largest absolute Gasteiger partial charge is 0.295 e. The number of hydrogen-bond acceptors (Lipinski definition) is 1. The number of carbonyl (C=O) groups excluding carboxylic acids is 1. The van der Waals surface area contributed by atoms with E-state index in [4.69, 9.17) is 0 Å². The van der Waals surface area contributed by atoms with Gasteiger partial charge >= 0.3 is 0 Å². The van der Waals surface area contributed by atoms with E-state index in [1.165, 1.54) is 18.4 Å². The SMILES string of the molecule is C=C1CC2CC1C1=C2CC(C(C)=O)=CC1. The lowest BCUT2D eigenvalue weighted by Gasteiger charge is -2.25. The third-order valence-electron chi connectivity index (χ3n) is 4.25. The van der Waals surface area contributed by atoms with Gasteiger partial charge in [0.15, 0.2) is 5.78 Å². The second-order valence-electron chi connectivity index (χ2n) is 5.06. The van der Waals surface area contributed by atoms with E-state index < -0.39 is 0 Å². The Morgan fingerprint density at radius 3 is 3.00 bits per heavy atom. The van der Waals surface area contributed by atoms with Gasteiger partial charge in [0.2, 0.25) is 0 Å². The van der Waals surface area contributed by atoms with Gasteiger partial charge in [-0.05, 0) is 44.1 Å². The fraction of sp³-hybridized carbons (Fsp3) is 0.500. The maximum absolute atomic E-state index is 11.3. The van der Waals surface area contributed by atoms with Crippen LogP contribution in [0.2, 0.25) is 0 Å². The summed E-state index contributed by atoms with van der Waals surface area (Å²) in [6.45, 7) is 5.84. The lowest BCUT2D eigenvalue weighted by Crippen LogP contribution is -2.12. The molecule has 2 atom stereocenters. The van der Waals surface area contributed by atoms with Crippen LogP contribution in [0.15, 0.2) is 34.9 Å². The molecule has 1 fully saturated rings. The lowest BCUT2D eigenvalue weighted by molar-refractivity contribution is -0.113. The highest BCUT2D eigenvalue weighted by Gasteiger charge is 2.41. The van der Waals surface area contributed by atoms with E-state index in [9.17, 15) is 4.79 Å². The third-order valence-corrected chi connectivity index (χ3v) is 4.25. The Kier molecular flexibility index (Phi) is 1.79. The van der Waals surface area contributed by atoms with Crippen LogP contribution >= 0.6 is 0 Å². The van der Waals surface area contributed by atoms with Gasteiger partial charge in [-0.1, -0.05) is 29.4 Å². The van der Waals surface area contributed by atoms with Crippen LogP contribution in [-0.4, -0.2) is 5.78 Å². The Morgan fingerprint density at radius 2 is 2.27 bits per heavy atom. The summed E-state index contributed by atoms with van der Waals surface area (Å²) in [7, 11) is 0. The van der Waals surface area contributed by atoms with Crippen LogP contribution < -0.4 is 0 Å². The van der Waals surface area contributed by atoms with Crippen LogP contribution in [0.4, 0.5) is 0 Å². The van der Waals surface area contributed by atoms with Crippen molar-refractivity contribution in [2.24, 2.45) is 11.8 Å². The van der Waals surface area contributed by atoms with Crippen molar-refractivity contribution in [3.63, 3.8) is 0 Å². The molecule has 1 heteroatoms. The fourth-order valence-electron chi connectivity index (χ4n) is 3.44. The maximum atomic E-state index is 11.3. The van der Waals surface area contributed by atoms with E-state index in [0.29, 0.717) is 5.92 Å². The highest BCUT2D eigenvalue weighted by Crippen LogP contribution is 2.55. The zero-order chi connectivity index (χ0) is 10.6. The van der Waals surface area contributed by atoms with Crippen molar-refractivity contribution >= 4 is 5.78 Å². The van der Waals surface area contributed by atoms with Gasteiger partial charge in [-0.15, -0.1) is 0 Å². The Morgan fingerprint density at radius 1 is 1.47 bits per heavy atom. The molecule has 0 heterocycles. The summed E-state index contributed by atoms with van der Waals surface area (Å²) < 4.78 is 0. The van der Waals surface area contributed by atoms with Crippen LogP contribution in [0.1, 0.15) is 32.6 Å². The van der Waals surface area contributed by atoms with Crippen molar-refractivity contribution in [3.8, 4) is 0 Å². The number of fused-ring (bicyclic) bond motifs is 4. The zero-order valence-corrected chi connectivity index (χ0v) is 9.18. The van der Waals surface area contributed by atoms with Gasteiger partial charge in [-0.25, -0.2) is 0 Å². The molecule has 1 saturated carbocycles. The molecule has 3 rings (SSSR count). The Balaban J connectivity index is 1.92. The molecule has 3 aliphatic rings. The summed E-state index contributed by atoms with van der Waals surface area (Å²) in [4.78, 5) is 11.3. The predicted octanol–water partition coefficient (Wildman–Crippen LogP) is 3.19. The van der Waals surface area contributed by atoms with Crippen molar-refractivity contribution in [3.05, 3.63) is 34.9 Å². The first-order valence-electron chi connectivity index (χ1n) is 5.76. The fourth-order valence-corrected chi connectivity index (χ4v) is 3.44. The normalized spacial score (nSPS) is 33.1. The molecule has 15 heavy (non-hydrogen) atoms. The van der Waals surface area contributed by atoms with Crippen LogP contribution in [-0.2, 0) is 4.79 Å². The molecular weight excluding hydrogens is 184 g/mol. The average Bonchev–Trinajstić information content (AvgIpc) is 2.74. The second-order valence-corrected chi connectivity index (χ2v) is 5.06. The van der Waals surface area contributed by atoms with E-state index in [2.05, 4.69) is 12.7 Å². The summed E-state index contributed by atoms with van der Waals surface area (Å²) in [5.41, 5.74) is 5.65. The monoisotopic (exact) mass is 200 g/mol. The summed E-state index contributed by atoms with van der Waals surface area (Å²) in [5, 5.41) is 0. The van der Waals surface area contributed by atoms with E-state index in [-0.39, 0.29) is 5.78 Å². The summed E-state index contributed by atoms with van der Waals surface area (Å²) in [6.07, 6.45) is 6.52. The van der Waals surface area contributed by atoms with Gasteiger partial charge < -0.3 is 0 Å². The first kappa shape index (κ1) is 9.14. The van der Waals surface area contributed by atoms with Crippen molar-refractivity contribution in [2.45, 2.75) is 32.6 Å². The summed E-state index contributed by atoms with van der Waals surface area (Å²) in [5.74, 6) is 1.64. The summed E-state index contributed by atoms with van der Waals surface area (Å²) >= 11 is 0. The number of allylic oxidation sites excluding steroid dienone is 5. The number of Topliss-reactive ketones (excluding diaryl/α,β-unsaturated/α-hetero) is 1. The highest BCUT2D eigenvalue weighted by molar-refractivity contribution is 5.94. The first-order valence-corrected chi connectivity index (χ1v) is 5.76. The highest BCUT2D eigenvalue weighted by atomic mass is 16.1. The first-order chi connectivity index (χ1) is 7.16. The smallest absolute Gasteiger partial charge is 0.155 e. The molecule has 0 aromatic heterocycles. The van der Waals surface area contributed by atoms with Gasteiger partial charge in [0.05, 0.1) is 0 Å². The van der Waals surface area contributed by atoms with Crippen molar-refractivity contribution < 1.29 is 4.79 Å². The van der Waals surface area contributed by atoms with Crippen LogP contribution in [0.5, 0.6) is 0 Å². The predicted molar refractivity (Wildman–Crippen MR) is 60.4 cm³/mol. The Labute approximate surface area is 90.6 Å². The van der Waals surface area contributed by atoms with Crippen molar-refractivity contribution in [1.82, 2.24) is 0 Å². The minimum Gasteiger partial charge on any atom is -0.295 e. The van der Waals surface area contributed by atoms with Gasteiger partial charge in [-0.2, -0.15) is 0 Å². The Bertz CT molecular complexity index is 423. The van der Waals surface area contributed by atoms with Crippen LogP contribution in [0.25, 0.3) is 0 Å². The zero-order valence-electron chi connectivity index (χ0n) is 9.18. The molecule has 2 bridgehead atoms. The molecule has 0 spiro atoms. The molecule has 0 N–H and O–H groups in total. The minimum absolute atomic E-state index is 0.253. The van der Waals surface area contributed by atoms with Crippen LogP contribution in [0.3, 0.4) is 0 Å². The topological polar surface area (TPSA) is 17.1 Å². The Hall–Kier alpha value is -1.11. The molecule has 0 aromatic carbocycles. The molecule has 0 aromatic rings. The molecule has 1 nitrogen and oxygen atoms in total. The standard InChI is InChI=1S/C14H16O/c1-8-5-11-7-13(8)12-4-3-10(9(2)15)6-14(11)12/h3,11,13H,1,4-7H2,2H3.